The van der Waals surface area contributed by atoms with Crippen LogP contribution in [0.4, 0.5) is 0 Å². The van der Waals surface area contributed by atoms with E-state index in [1.165, 1.54) is 0 Å². The van der Waals surface area contributed by atoms with Crippen LogP contribution < -0.4 is 5.32 Å². The number of aliphatic hydroxyl groups is 1. The zero-order valence-electron chi connectivity index (χ0n) is 14.6. The molecule has 0 unspecified atom stereocenters. The molecule has 1 amide bonds. The molecule has 0 bridgehead atoms. The molecule has 0 saturated carbocycles. The summed E-state index contributed by atoms with van der Waals surface area (Å²) in [5.41, 5.74) is 3.43. The summed E-state index contributed by atoms with van der Waals surface area (Å²) in [6, 6.07) is 15.4. The van der Waals surface area contributed by atoms with E-state index in [1.807, 2.05) is 66.9 Å². The van der Waals surface area contributed by atoms with Gasteiger partial charge in [0.15, 0.2) is 0 Å². The molecule has 3 aromatic rings. The average Bonchev–Trinajstić information content (AvgIpc) is 3.04. The zero-order valence-corrected chi connectivity index (χ0v) is 14.6. The maximum absolute atomic E-state index is 12.3. The lowest BCUT2D eigenvalue weighted by Gasteiger charge is -2.23. The number of hydrogen-bond acceptors (Lipinski definition) is 3. The summed E-state index contributed by atoms with van der Waals surface area (Å²) in [7, 11) is 0. The van der Waals surface area contributed by atoms with Crippen molar-refractivity contribution in [2.45, 2.75) is 20.3 Å². The molecule has 5 heteroatoms. The Balaban J connectivity index is 1.73. The molecular formula is C20H23N3O2. The Morgan fingerprint density at radius 2 is 1.88 bits per heavy atom. The van der Waals surface area contributed by atoms with Crippen molar-refractivity contribution in [1.29, 1.82) is 0 Å². The van der Waals surface area contributed by atoms with E-state index in [9.17, 15) is 4.79 Å². The van der Waals surface area contributed by atoms with Crippen molar-refractivity contribution in [3.05, 3.63) is 60.4 Å². The van der Waals surface area contributed by atoms with Gasteiger partial charge in [0.25, 0.3) is 5.91 Å². The van der Waals surface area contributed by atoms with Crippen molar-refractivity contribution < 1.29 is 9.90 Å². The minimum Gasteiger partial charge on any atom is -0.396 e. The number of hydrogen-bond donors (Lipinski definition) is 2. The van der Waals surface area contributed by atoms with Crippen molar-refractivity contribution in [3.8, 4) is 5.69 Å². The molecule has 25 heavy (non-hydrogen) atoms. The molecule has 1 aromatic heterocycles. The molecular weight excluding hydrogens is 314 g/mol. The van der Waals surface area contributed by atoms with Crippen LogP contribution in [0.1, 0.15) is 30.6 Å². The number of para-hydroxylation sites is 2. The first-order valence-corrected chi connectivity index (χ1v) is 8.42. The lowest BCUT2D eigenvalue weighted by atomic mass is 9.89. The fraction of sp³-hybridized carbons (Fsp3) is 0.300. The summed E-state index contributed by atoms with van der Waals surface area (Å²) in [6.45, 7) is 4.70. The number of nitrogens with zero attached hydrogens (tertiary/aromatic N) is 2. The molecule has 0 aliphatic heterocycles. The van der Waals surface area contributed by atoms with Gasteiger partial charge in [-0.25, -0.2) is 4.98 Å². The van der Waals surface area contributed by atoms with Gasteiger partial charge in [0, 0.05) is 24.4 Å². The molecule has 0 aliphatic rings. The highest BCUT2D eigenvalue weighted by Crippen LogP contribution is 2.20. The van der Waals surface area contributed by atoms with E-state index in [1.54, 1.807) is 6.33 Å². The van der Waals surface area contributed by atoms with Crippen LogP contribution in [0.5, 0.6) is 0 Å². The van der Waals surface area contributed by atoms with E-state index in [0.717, 1.165) is 16.7 Å². The third-order valence-corrected chi connectivity index (χ3v) is 4.38. The Hall–Kier alpha value is -2.66. The Morgan fingerprint density at radius 1 is 1.16 bits per heavy atom. The Kier molecular flexibility index (Phi) is 4.86. The van der Waals surface area contributed by atoms with E-state index in [2.05, 4.69) is 10.3 Å². The molecule has 3 rings (SSSR count). The number of rotatable bonds is 6. The van der Waals surface area contributed by atoms with Crippen LogP contribution >= 0.6 is 0 Å². The van der Waals surface area contributed by atoms with E-state index in [4.69, 9.17) is 5.11 Å². The van der Waals surface area contributed by atoms with Gasteiger partial charge in [0.2, 0.25) is 0 Å². The second kappa shape index (κ2) is 7.07. The molecule has 0 spiro atoms. The maximum Gasteiger partial charge on any atom is 0.251 e. The SMILES string of the molecule is CC(C)(CCO)CNC(=O)c1ccc(-n2cnc3ccccc32)cc1. The quantitative estimate of drug-likeness (QED) is 0.726. The highest BCUT2D eigenvalue weighted by atomic mass is 16.3. The molecule has 5 nitrogen and oxygen atoms in total. The van der Waals surface area contributed by atoms with Crippen LogP contribution in [0.25, 0.3) is 16.7 Å². The van der Waals surface area contributed by atoms with Crippen LogP contribution in [-0.2, 0) is 0 Å². The van der Waals surface area contributed by atoms with Gasteiger partial charge in [-0.15, -0.1) is 0 Å². The highest BCUT2D eigenvalue weighted by molar-refractivity contribution is 5.94. The molecule has 1 heterocycles. The number of imidazole rings is 1. The van der Waals surface area contributed by atoms with Gasteiger partial charge < -0.3 is 10.4 Å². The van der Waals surface area contributed by atoms with Crippen LogP contribution in [0.2, 0.25) is 0 Å². The van der Waals surface area contributed by atoms with Gasteiger partial charge in [0.05, 0.1) is 11.0 Å². The number of carbonyl (C=O) groups is 1. The number of benzene rings is 2. The van der Waals surface area contributed by atoms with Crippen molar-refractivity contribution in [3.63, 3.8) is 0 Å². The Labute approximate surface area is 147 Å². The topological polar surface area (TPSA) is 67.2 Å². The third kappa shape index (κ3) is 3.88. The van der Waals surface area contributed by atoms with Crippen LogP contribution in [0.3, 0.4) is 0 Å². The summed E-state index contributed by atoms with van der Waals surface area (Å²) in [4.78, 5) is 16.7. The van der Waals surface area contributed by atoms with Crippen molar-refractivity contribution >= 4 is 16.9 Å². The standard InChI is InChI=1S/C20H23N3O2/c1-20(2,11-12-24)13-21-19(25)15-7-9-16(10-8-15)23-14-22-17-5-3-4-6-18(17)23/h3-10,14,24H,11-13H2,1-2H3,(H,21,25). The van der Waals surface area contributed by atoms with E-state index < -0.39 is 0 Å². The first-order chi connectivity index (χ1) is 12.0. The van der Waals surface area contributed by atoms with Crippen molar-refractivity contribution in [1.82, 2.24) is 14.9 Å². The number of carbonyl (C=O) groups excluding carboxylic acids is 1. The Morgan fingerprint density at radius 3 is 2.60 bits per heavy atom. The number of amides is 1. The molecule has 2 N–H and O–H groups in total. The highest BCUT2D eigenvalue weighted by Gasteiger charge is 2.18. The summed E-state index contributed by atoms with van der Waals surface area (Å²) in [6.07, 6.45) is 2.44. The lowest BCUT2D eigenvalue weighted by molar-refractivity contribution is 0.0928. The predicted octanol–water partition coefficient (Wildman–Crippen LogP) is 3.16. The van der Waals surface area contributed by atoms with Crippen molar-refractivity contribution in [2.75, 3.05) is 13.2 Å². The number of aliphatic hydroxyl groups excluding tert-OH is 1. The average molecular weight is 337 g/mol. The number of fused-ring (bicyclic) bond motifs is 1. The molecule has 0 aliphatic carbocycles. The minimum absolute atomic E-state index is 0.104. The fourth-order valence-corrected chi connectivity index (χ4v) is 2.75. The molecule has 130 valence electrons. The second-order valence-corrected chi connectivity index (χ2v) is 6.97. The largest absolute Gasteiger partial charge is 0.396 e. The third-order valence-electron chi connectivity index (χ3n) is 4.38. The predicted molar refractivity (Wildman–Crippen MR) is 98.9 cm³/mol. The monoisotopic (exact) mass is 337 g/mol. The van der Waals surface area contributed by atoms with Crippen molar-refractivity contribution in [2.24, 2.45) is 5.41 Å². The molecule has 0 fully saturated rings. The summed E-state index contributed by atoms with van der Waals surface area (Å²) < 4.78 is 2.00. The second-order valence-electron chi connectivity index (χ2n) is 6.97. The maximum atomic E-state index is 12.3. The summed E-state index contributed by atoms with van der Waals surface area (Å²) >= 11 is 0. The van der Waals surface area contributed by atoms with Gasteiger partial charge in [0.1, 0.15) is 6.33 Å². The van der Waals surface area contributed by atoms with Gasteiger partial charge >= 0.3 is 0 Å². The zero-order chi connectivity index (χ0) is 17.9. The normalized spacial score (nSPS) is 11.6. The van der Waals surface area contributed by atoms with Gasteiger partial charge in [-0.05, 0) is 48.2 Å². The summed E-state index contributed by atoms with van der Waals surface area (Å²) in [5.74, 6) is -0.104. The molecule has 0 atom stereocenters. The summed E-state index contributed by atoms with van der Waals surface area (Å²) in [5, 5.41) is 12.0. The van der Waals surface area contributed by atoms with E-state index in [0.29, 0.717) is 18.5 Å². The molecule has 2 aromatic carbocycles. The van der Waals surface area contributed by atoms with Crippen LogP contribution in [0, 0.1) is 5.41 Å². The number of aromatic nitrogens is 2. The van der Waals surface area contributed by atoms with Crippen LogP contribution in [-0.4, -0.2) is 33.7 Å². The van der Waals surface area contributed by atoms with E-state index >= 15 is 0 Å². The van der Waals surface area contributed by atoms with Gasteiger partial charge in [-0.3, -0.25) is 9.36 Å². The van der Waals surface area contributed by atoms with Crippen LogP contribution in [0.15, 0.2) is 54.9 Å². The fourth-order valence-electron chi connectivity index (χ4n) is 2.75. The van der Waals surface area contributed by atoms with Gasteiger partial charge in [-0.2, -0.15) is 0 Å². The number of nitrogens with one attached hydrogen (secondary N) is 1. The first kappa shape index (κ1) is 17.2. The molecule has 0 saturated heterocycles. The van der Waals surface area contributed by atoms with E-state index in [-0.39, 0.29) is 17.9 Å². The lowest BCUT2D eigenvalue weighted by Crippen LogP contribution is -2.34. The molecule has 0 radical (unpaired) electrons. The first-order valence-electron chi connectivity index (χ1n) is 8.42. The Bertz CT molecular complexity index is 866. The smallest absolute Gasteiger partial charge is 0.251 e. The minimum atomic E-state index is -0.125. The van der Waals surface area contributed by atoms with Gasteiger partial charge in [-0.1, -0.05) is 26.0 Å².